The van der Waals surface area contributed by atoms with E-state index in [-0.39, 0.29) is 31.0 Å². The van der Waals surface area contributed by atoms with Gasteiger partial charge in [0.25, 0.3) is 0 Å². The molecule has 0 aromatic heterocycles. The van der Waals surface area contributed by atoms with Gasteiger partial charge in [0.1, 0.15) is 0 Å². The van der Waals surface area contributed by atoms with Gasteiger partial charge in [0, 0.05) is 0 Å². The van der Waals surface area contributed by atoms with Gasteiger partial charge in [-0.1, -0.05) is 0 Å². The van der Waals surface area contributed by atoms with Gasteiger partial charge in [0.2, 0.25) is 0 Å². The molecule has 0 aliphatic heterocycles. The molecule has 0 atom stereocenters. The van der Waals surface area contributed by atoms with E-state index in [2.05, 4.69) is 0 Å². The van der Waals surface area contributed by atoms with Gasteiger partial charge >= 0.3 is 140 Å². The third kappa shape index (κ3) is 10.8. The van der Waals surface area contributed by atoms with Crippen LogP contribution in [0, 0.1) is 0 Å². The van der Waals surface area contributed by atoms with Crippen molar-refractivity contribution < 1.29 is 27.7 Å². The predicted molar refractivity (Wildman–Crippen MR) is 78.6 cm³/mol. The number of carbonyl (C=O) groups is 4. The molecule has 8 heteroatoms. The summed E-state index contributed by atoms with van der Waals surface area (Å²) in [7, 11) is 0. The predicted octanol–water partition coefficient (Wildman–Crippen LogP) is 1.61. The Hall–Kier alpha value is -0.890. The van der Waals surface area contributed by atoms with Gasteiger partial charge < -0.3 is 0 Å². The molecule has 0 bridgehead atoms. The summed E-state index contributed by atoms with van der Waals surface area (Å²) in [6.07, 6.45) is 1.21. The second-order valence-corrected chi connectivity index (χ2v) is 8.60. The molecule has 0 N–H and O–H groups in total. The molecular formula is C14H23InO7. The average molecular weight is 418 g/mol. The van der Waals surface area contributed by atoms with E-state index in [1.807, 2.05) is 13.8 Å². The molecule has 0 spiro atoms. The summed E-state index contributed by atoms with van der Waals surface area (Å²) in [5.74, 6) is -1.92. The van der Waals surface area contributed by atoms with Crippen LogP contribution in [-0.4, -0.2) is 52.9 Å². The molecule has 0 aliphatic rings. The van der Waals surface area contributed by atoms with Gasteiger partial charge in [-0.2, -0.15) is 0 Å². The molecule has 0 heterocycles. The van der Waals surface area contributed by atoms with Crippen molar-refractivity contribution in [2.75, 3.05) is 6.61 Å². The standard InChI is InChI=1S/2C6H10O3.C2H5O.In/c2*1-2-3-5(7)4-6(8)9;1-2-3;/h2*2-4H2,1H3,(H,8,9);2H2,1H3;/q;;-1;+3/p-2. The second-order valence-electron chi connectivity index (χ2n) is 4.65. The molecule has 0 amide bonds. The van der Waals surface area contributed by atoms with E-state index in [1.54, 1.807) is 6.92 Å². The Labute approximate surface area is 140 Å². The number of rotatable bonds is 12. The van der Waals surface area contributed by atoms with Crippen LogP contribution in [0.2, 0.25) is 0 Å². The van der Waals surface area contributed by atoms with E-state index in [0.29, 0.717) is 25.7 Å². The van der Waals surface area contributed by atoms with Crippen LogP contribution >= 0.6 is 0 Å². The minimum absolute atomic E-state index is 0.224. The summed E-state index contributed by atoms with van der Waals surface area (Å²) in [5, 5.41) is 0. The Bertz CT molecular complexity index is 361. The van der Waals surface area contributed by atoms with Crippen LogP contribution in [0.15, 0.2) is 0 Å². The molecule has 0 radical (unpaired) electrons. The summed E-state index contributed by atoms with van der Waals surface area (Å²) in [6, 6.07) is 0. The van der Waals surface area contributed by atoms with Crippen LogP contribution in [0.4, 0.5) is 0 Å². The topological polar surface area (TPSA) is 96.0 Å². The number of hydrogen-bond acceptors (Lipinski definition) is 7. The van der Waals surface area contributed by atoms with Crippen molar-refractivity contribution >= 4 is 46.3 Å². The fourth-order valence-electron chi connectivity index (χ4n) is 1.58. The Morgan fingerprint density at radius 3 is 1.50 bits per heavy atom. The van der Waals surface area contributed by atoms with Crippen molar-refractivity contribution in [2.45, 2.75) is 59.3 Å². The van der Waals surface area contributed by atoms with Crippen LogP contribution < -0.4 is 0 Å². The molecule has 0 fully saturated rings. The van der Waals surface area contributed by atoms with E-state index in [4.69, 9.17) is 8.56 Å². The molecular weight excluding hydrogens is 395 g/mol. The Kier molecular flexibility index (Phi) is 12.1. The molecule has 124 valence electrons. The quantitative estimate of drug-likeness (QED) is 0.445. The Morgan fingerprint density at radius 1 is 0.773 bits per heavy atom. The van der Waals surface area contributed by atoms with Crippen molar-refractivity contribution in [3.8, 4) is 0 Å². The summed E-state index contributed by atoms with van der Waals surface area (Å²) >= 11 is -3.77. The monoisotopic (exact) mass is 418 g/mol. The van der Waals surface area contributed by atoms with E-state index in [1.165, 1.54) is 0 Å². The summed E-state index contributed by atoms with van der Waals surface area (Å²) < 4.78 is 15.2. The SMILES string of the molecule is CCCC(=O)CC(=O)[O][In]([O]CC)[O]C(=O)CC(=O)CCC. The van der Waals surface area contributed by atoms with Crippen molar-refractivity contribution in [3.05, 3.63) is 0 Å². The molecule has 0 saturated carbocycles. The van der Waals surface area contributed by atoms with Gasteiger partial charge in [0.15, 0.2) is 0 Å². The molecule has 0 rings (SSSR count). The Morgan fingerprint density at radius 2 is 1.18 bits per heavy atom. The number of Topliss-reactive ketones (excluding diaryl/α,β-unsaturated/α-hetero) is 2. The van der Waals surface area contributed by atoms with E-state index < -0.39 is 34.7 Å². The van der Waals surface area contributed by atoms with Crippen LogP contribution in [0.1, 0.15) is 59.3 Å². The van der Waals surface area contributed by atoms with Crippen LogP contribution in [0.25, 0.3) is 0 Å². The Balaban J connectivity index is 4.35. The van der Waals surface area contributed by atoms with Crippen molar-refractivity contribution in [1.29, 1.82) is 0 Å². The molecule has 0 aliphatic carbocycles. The summed E-state index contributed by atoms with van der Waals surface area (Å²) in [6.45, 7) is 5.57. The first-order valence-electron chi connectivity index (χ1n) is 7.46. The van der Waals surface area contributed by atoms with Gasteiger partial charge in [-0.05, 0) is 0 Å². The molecule has 0 unspecified atom stereocenters. The fraction of sp³-hybridized carbons (Fsp3) is 0.714. The van der Waals surface area contributed by atoms with E-state index >= 15 is 0 Å². The van der Waals surface area contributed by atoms with Crippen molar-refractivity contribution in [3.63, 3.8) is 0 Å². The zero-order chi connectivity index (χ0) is 17.0. The van der Waals surface area contributed by atoms with Crippen LogP contribution in [0.5, 0.6) is 0 Å². The number of ketones is 2. The first-order chi connectivity index (χ1) is 10.4. The molecule has 0 aromatic rings. The first kappa shape index (κ1) is 21.1. The zero-order valence-corrected chi connectivity index (χ0v) is 16.7. The van der Waals surface area contributed by atoms with Gasteiger partial charge in [0.05, 0.1) is 0 Å². The van der Waals surface area contributed by atoms with Crippen LogP contribution in [-0.2, 0) is 27.7 Å². The average Bonchev–Trinajstić information content (AvgIpc) is 2.38. The van der Waals surface area contributed by atoms with Gasteiger partial charge in [-0.15, -0.1) is 0 Å². The van der Waals surface area contributed by atoms with Crippen LogP contribution in [0.3, 0.4) is 0 Å². The van der Waals surface area contributed by atoms with Crippen molar-refractivity contribution in [2.24, 2.45) is 0 Å². The molecule has 0 saturated heterocycles. The van der Waals surface area contributed by atoms with E-state index in [0.717, 1.165) is 0 Å². The third-order valence-corrected chi connectivity index (χ3v) is 6.83. The fourth-order valence-corrected chi connectivity index (χ4v) is 4.59. The third-order valence-electron chi connectivity index (χ3n) is 2.50. The maximum atomic E-state index is 11.6. The second kappa shape index (κ2) is 12.6. The van der Waals surface area contributed by atoms with Gasteiger partial charge in [-0.25, -0.2) is 0 Å². The zero-order valence-electron chi connectivity index (χ0n) is 13.4. The maximum absolute atomic E-state index is 11.6. The van der Waals surface area contributed by atoms with E-state index in [9.17, 15) is 19.2 Å². The minimum atomic E-state index is -3.77. The molecule has 22 heavy (non-hydrogen) atoms. The van der Waals surface area contributed by atoms with Crippen molar-refractivity contribution in [1.82, 2.24) is 0 Å². The molecule has 7 nitrogen and oxygen atoms in total. The van der Waals surface area contributed by atoms with Gasteiger partial charge in [-0.3, -0.25) is 0 Å². The summed E-state index contributed by atoms with van der Waals surface area (Å²) in [4.78, 5) is 45.9. The summed E-state index contributed by atoms with van der Waals surface area (Å²) in [5.41, 5.74) is 0. The first-order valence-corrected chi connectivity index (χ1v) is 11.5. The normalized spacial score (nSPS) is 9.95. The number of carbonyl (C=O) groups excluding carboxylic acids is 4. The molecule has 0 aromatic carbocycles. The number of hydrogen-bond donors (Lipinski definition) is 0.